The largest absolute Gasteiger partial charge is 0.480 e. The van der Waals surface area contributed by atoms with E-state index in [-0.39, 0.29) is 6.10 Å². The molecule has 6 nitrogen and oxygen atoms in total. The van der Waals surface area contributed by atoms with Crippen molar-refractivity contribution in [2.75, 3.05) is 6.61 Å². The van der Waals surface area contributed by atoms with Crippen LogP contribution in [-0.4, -0.2) is 34.1 Å². The van der Waals surface area contributed by atoms with Crippen LogP contribution in [0.1, 0.15) is 47.5 Å². The summed E-state index contributed by atoms with van der Waals surface area (Å²) < 4.78 is 5.49. The van der Waals surface area contributed by atoms with Crippen LogP contribution in [0.3, 0.4) is 0 Å². The fourth-order valence-electron chi connectivity index (χ4n) is 1.71. The lowest BCUT2D eigenvalue weighted by atomic mass is 10.1. The zero-order valence-corrected chi connectivity index (χ0v) is 11.6. The third-order valence-electron chi connectivity index (χ3n) is 2.91. The van der Waals surface area contributed by atoms with Crippen LogP contribution in [0.15, 0.2) is 6.20 Å². The molecule has 0 aromatic carbocycles. The van der Waals surface area contributed by atoms with E-state index in [4.69, 9.17) is 9.84 Å². The van der Waals surface area contributed by atoms with Gasteiger partial charge in [0.15, 0.2) is 0 Å². The molecule has 2 N–H and O–H groups in total. The topological polar surface area (TPSA) is 88.5 Å². The molecule has 0 radical (unpaired) electrons. The number of amides is 1. The molecule has 1 fully saturated rings. The molecule has 1 amide bonds. The summed E-state index contributed by atoms with van der Waals surface area (Å²) in [4.78, 5) is 27.5. The average molecular weight is 284 g/mol. The molecule has 1 aliphatic rings. The minimum atomic E-state index is -1.30. The molecule has 1 saturated heterocycles. The Balaban J connectivity index is 2.06. The Bertz CT molecular complexity index is 492. The van der Waals surface area contributed by atoms with Crippen molar-refractivity contribution in [3.8, 4) is 0 Å². The SMILES string of the molecule is CC(C)(NC(=O)c1cnc(C2CCCO2)s1)C(=O)O. The van der Waals surface area contributed by atoms with E-state index >= 15 is 0 Å². The number of nitrogens with zero attached hydrogens (tertiary/aromatic N) is 1. The van der Waals surface area contributed by atoms with Gasteiger partial charge in [-0.05, 0) is 26.7 Å². The zero-order valence-electron chi connectivity index (χ0n) is 10.8. The maximum absolute atomic E-state index is 11.9. The van der Waals surface area contributed by atoms with Crippen LogP contribution in [0.4, 0.5) is 0 Å². The van der Waals surface area contributed by atoms with Crippen molar-refractivity contribution in [3.05, 3.63) is 16.1 Å². The molecular formula is C12H16N2O4S. The molecule has 1 atom stereocenters. The smallest absolute Gasteiger partial charge is 0.328 e. The highest BCUT2D eigenvalue weighted by Gasteiger charge is 2.30. The van der Waals surface area contributed by atoms with Gasteiger partial charge >= 0.3 is 5.97 Å². The van der Waals surface area contributed by atoms with Gasteiger partial charge < -0.3 is 15.2 Å². The number of carboxylic acids is 1. The summed E-state index contributed by atoms with van der Waals surface area (Å²) in [6, 6.07) is 0. The lowest BCUT2D eigenvalue weighted by Gasteiger charge is -2.20. The maximum Gasteiger partial charge on any atom is 0.328 e. The second kappa shape index (κ2) is 5.26. The molecule has 1 aromatic heterocycles. The van der Waals surface area contributed by atoms with Gasteiger partial charge in [-0.1, -0.05) is 0 Å². The number of ether oxygens (including phenoxy) is 1. The molecule has 7 heteroatoms. The molecule has 2 rings (SSSR count). The predicted octanol–water partition coefficient (Wildman–Crippen LogP) is 1.59. The molecule has 19 heavy (non-hydrogen) atoms. The third kappa shape index (κ3) is 3.10. The van der Waals surface area contributed by atoms with Crippen molar-refractivity contribution in [2.45, 2.75) is 38.3 Å². The molecule has 0 saturated carbocycles. The van der Waals surface area contributed by atoms with Crippen molar-refractivity contribution in [1.29, 1.82) is 0 Å². The first kappa shape index (κ1) is 14.0. The van der Waals surface area contributed by atoms with E-state index in [0.29, 0.717) is 4.88 Å². The van der Waals surface area contributed by atoms with Crippen molar-refractivity contribution in [1.82, 2.24) is 10.3 Å². The predicted molar refractivity (Wildman–Crippen MR) is 69.2 cm³/mol. The number of hydrogen-bond acceptors (Lipinski definition) is 5. The monoisotopic (exact) mass is 284 g/mol. The fourth-order valence-corrected chi connectivity index (χ4v) is 2.61. The van der Waals surface area contributed by atoms with Gasteiger partial charge in [-0.2, -0.15) is 0 Å². The van der Waals surface area contributed by atoms with E-state index in [2.05, 4.69) is 10.3 Å². The van der Waals surface area contributed by atoms with Crippen molar-refractivity contribution >= 4 is 23.2 Å². The van der Waals surface area contributed by atoms with Gasteiger partial charge in [0.05, 0.1) is 6.20 Å². The van der Waals surface area contributed by atoms with Crippen molar-refractivity contribution in [2.24, 2.45) is 0 Å². The molecule has 0 bridgehead atoms. The van der Waals surface area contributed by atoms with Crippen LogP contribution in [0.5, 0.6) is 0 Å². The molecule has 1 unspecified atom stereocenters. The van der Waals surface area contributed by atoms with E-state index in [9.17, 15) is 9.59 Å². The first-order chi connectivity index (χ1) is 8.90. The number of nitrogens with one attached hydrogen (secondary N) is 1. The maximum atomic E-state index is 11.9. The van der Waals surface area contributed by atoms with E-state index in [1.165, 1.54) is 31.4 Å². The highest BCUT2D eigenvalue weighted by atomic mass is 32.1. The number of hydrogen-bond donors (Lipinski definition) is 2. The lowest BCUT2D eigenvalue weighted by Crippen LogP contribution is -2.49. The lowest BCUT2D eigenvalue weighted by molar-refractivity contribution is -0.143. The Labute approximate surface area is 114 Å². The standard InChI is InChI=1S/C12H16N2O4S/c1-12(2,11(16)17)14-9(15)8-6-13-10(19-8)7-4-3-5-18-7/h6-7H,3-5H2,1-2H3,(H,14,15)(H,16,17). The van der Waals surface area contributed by atoms with Gasteiger partial charge in [0.25, 0.3) is 5.91 Å². The van der Waals surface area contributed by atoms with Gasteiger partial charge in [0.1, 0.15) is 21.5 Å². The normalized spacial score (nSPS) is 19.4. The summed E-state index contributed by atoms with van der Waals surface area (Å²) in [5, 5.41) is 12.2. The summed E-state index contributed by atoms with van der Waals surface area (Å²) in [5.41, 5.74) is -1.30. The average Bonchev–Trinajstić information content (AvgIpc) is 2.99. The van der Waals surface area contributed by atoms with Gasteiger partial charge in [-0.3, -0.25) is 4.79 Å². The second-order valence-corrected chi connectivity index (χ2v) is 6.01. The van der Waals surface area contributed by atoms with Gasteiger partial charge in [0.2, 0.25) is 0 Å². The fraction of sp³-hybridized carbons (Fsp3) is 0.583. The Kier molecular flexibility index (Phi) is 3.86. The van der Waals surface area contributed by atoms with E-state index in [0.717, 1.165) is 24.5 Å². The van der Waals surface area contributed by atoms with Gasteiger partial charge in [-0.25, -0.2) is 9.78 Å². The van der Waals surface area contributed by atoms with Gasteiger partial charge in [0, 0.05) is 6.61 Å². The first-order valence-electron chi connectivity index (χ1n) is 6.03. The minimum Gasteiger partial charge on any atom is -0.480 e. The Morgan fingerprint density at radius 2 is 2.32 bits per heavy atom. The van der Waals surface area contributed by atoms with Crippen molar-refractivity contribution in [3.63, 3.8) is 0 Å². The van der Waals surface area contributed by atoms with E-state index in [1.807, 2.05) is 0 Å². The molecule has 104 valence electrons. The van der Waals surface area contributed by atoms with Crippen LogP contribution in [-0.2, 0) is 9.53 Å². The zero-order chi connectivity index (χ0) is 14.0. The third-order valence-corrected chi connectivity index (χ3v) is 4.00. The van der Waals surface area contributed by atoms with Crippen LogP contribution in [0.2, 0.25) is 0 Å². The van der Waals surface area contributed by atoms with Crippen LogP contribution in [0, 0.1) is 0 Å². The summed E-state index contributed by atoms with van der Waals surface area (Å²) in [5.74, 6) is -1.50. The molecule has 1 aromatic rings. The number of thiazole rings is 1. The van der Waals surface area contributed by atoms with E-state index in [1.54, 1.807) is 0 Å². The molecule has 2 heterocycles. The highest BCUT2D eigenvalue weighted by Crippen LogP contribution is 2.31. The quantitative estimate of drug-likeness (QED) is 0.876. The summed E-state index contributed by atoms with van der Waals surface area (Å²) in [7, 11) is 0. The second-order valence-electron chi connectivity index (χ2n) is 4.95. The number of carbonyl (C=O) groups is 2. The van der Waals surface area contributed by atoms with Crippen LogP contribution < -0.4 is 5.32 Å². The number of rotatable bonds is 4. The molecule has 0 aliphatic carbocycles. The van der Waals surface area contributed by atoms with Crippen molar-refractivity contribution < 1.29 is 19.4 Å². The Hall–Kier alpha value is -1.47. The minimum absolute atomic E-state index is 0.0287. The van der Waals surface area contributed by atoms with Crippen LogP contribution >= 0.6 is 11.3 Å². The van der Waals surface area contributed by atoms with Gasteiger partial charge in [-0.15, -0.1) is 11.3 Å². The molecule has 0 spiro atoms. The summed E-state index contributed by atoms with van der Waals surface area (Å²) in [6.45, 7) is 3.60. The number of aromatic nitrogens is 1. The summed E-state index contributed by atoms with van der Waals surface area (Å²) >= 11 is 1.25. The van der Waals surface area contributed by atoms with Crippen LogP contribution in [0.25, 0.3) is 0 Å². The number of carbonyl (C=O) groups excluding carboxylic acids is 1. The summed E-state index contributed by atoms with van der Waals surface area (Å²) in [6.07, 6.45) is 3.35. The Morgan fingerprint density at radius 1 is 1.58 bits per heavy atom. The Morgan fingerprint density at radius 3 is 2.89 bits per heavy atom. The van der Waals surface area contributed by atoms with E-state index < -0.39 is 17.4 Å². The number of aliphatic carboxylic acids is 1. The molecular weight excluding hydrogens is 268 g/mol. The molecule has 1 aliphatic heterocycles. The first-order valence-corrected chi connectivity index (χ1v) is 6.85. The highest BCUT2D eigenvalue weighted by molar-refractivity contribution is 7.13. The number of carboxylic acid groups (broad SMARTS) is 1.